The normalized spacial score (nSPS) is 18.9. The average Bonchev–Trinajstić information content (AvgIpc) is 2.72. The number of halogens is 1. The monoisotopic (exact) mass is 232 g/mol. The number of rotatable bonds is 1. The van der Waals surface area contributed by atoms with E-state index in [1.807, 2.05) is 24.3 Å². The molecule has 1 N–H and O–H groups in total. The van der Waals surface area contributed by atoms with Gasteiger partial charge in [0.1, 0.15) is 5.75 Å². The number of phenols is 1. The van der Waals surface area contributed by atoms with Gasteiger partial charge in [-0.3, -0.25) is 0 Å². The fourth-order valence-electron chi connectivity index (χ4n) is 2.75. The minimum Gasteiger partial charge on any atom is -0.507 e. The van der Waals surface area contributed by atoms with Crippen molar-refractivity contribution in [1.82, 2.24) is 0 Å². The van der Waals surface area contributed by atoms with E-state index in [4.69, 9.17) is 11.6 Å². The van der Waals surface area contributed by atoms with Crippen LogP contribution in [-0.4, -0.2) is 11.0 Å². The Kier molecular flexibility index (Phi) is 2.29. The Hall–Kier alpha value is -1.21. The molecule has 82 valence electrons. The molecule has 0 aliphatic heterocycles. The summed E-state index contributed by atoms with van der Waals surface area (Å²) >= 11 is 6.01. The third kappa shape index (κ3) is 1.31. The van der Waals surface area contributed by atoms with Crippen LogP contribution in [0.2, 0.25) is 0 Å². The number of benzene rings is 2. The van der Waals surface area contributed by atoms with Crippen molar-refractivity contribution in [2.45, 2.75) is 18.8 Å². The molecule has 0 fully saturated rings. The summed E-state index contributed by atoms with van der Waals surface area (Å²) in [5.41, 5.74) is 2.62. The summed E-state index contributed by atoms with van der Waals surface area (Å²) in [6, 6.07) is 9.93. The molecule has 0 spiro atoms. The first kappa shape index (κ1) is 9.98. The van der Waals surface area contributed by atoms with E-state index >= 15 is 0 Å². The zero-order chi connectivity index (χ0) is 11.1. The predicted octanol–water partition coefficient (Wildman–Crippen LogP) is 3.81. The summed E-state index contributed by atoms with van der Waals surface area (Å²) in [6.45, 7) is 0. The second-order valence-corrected chi connectivity index (χ2v) is 4.71. The van der Waals surface area contributed by atoms with E-state index in [-0.39, 0.29) is 0 Å². The van der Waals surface area contributed by atoms with Gasteiger partial charge in [-0.1, -0.05) is 24.3 Å². The van der Waals surface area contributed by atoms with Gasteiger partial charge in [-0.2, -0.15) is 0 Å². The maximum absolute atomic E-state index is 9.96. The predicted molar refractivity (Wildman–Crippen MR) is 67.4 cm³/mol. The lowest BCUT2D eigenvalue weighted by Crippen LogP contribution is -1.95. The third-order valence-electron chi connectivity index (χ3n) is 3.51. The lowest BCUT2D eigenvalue weighted by atomic mass is 9.95. The van der Waals surface area contributed by atoms with Crippen LogP contribution in [0.3, 0.4) is 0 Å². The third-order valence-corrected chi connectivity index (χ3v) is 3.88. The Bertz CT molecular complexity index is 548. The second-order valence-electron chi connectivity index (χ2n) is 4.40. The largest absolute Gasteiger partial charge is 0.507 e. The van der Waals surface area contributed by atoms with Gasteiger partial charge in [-0.25, -0.2) is 0 Å². The number of hydrogen-bond acceptors (Lipinski definition) is 1. The Morgan fingerprint density at radius 3 is 2.75 bits per heavy atom. The highest BCUT2D eigenvalue weighted by atomic mass is 35.5. The summed E-state index contributed by atoms with van der Waals surface area (Å²) in [5.74, 6) is 1.51. The summed E-state index contributed by atoms with van der Waals surface area (Å²) in [7, 11) is 0. The van der Waals surface area contributed by atoms with Gasteiger partial charge in [0, 0.05) is 11.3 Å². The molecular formula is C14H13ClO. The van der Waals surface area contributed by atoms with Crippen LogP contribution in [0.4, 0.5) is 0 Å². The van der Waals surface area contributed by atoms with E-state index in [1.165, 1.54) is 16.5 Å². The fraction of sp³-hybridized carbons (Fsp3) is 0.286. The maximum atomic E-state index is 9.96. The molecule has 3 rings (SSSR count). The van der Waals surface area contributed by atoms with Gasteiger partial charge in [-0.15, -0.1) is 11.6 Å². The number of aromatic hydroxyl groups is 1. The molecule has 0 radical (unpaired) electrons. The van der Waals surface area contributed by atoms with Gasteiger partial charge >= 0.3 is 0 Å². The van der Waals surface area contributed by atoms with E-state index in [9.17, 15) is 5.11 Å². The molecule has 0 saturated carbocycles. The molecule has 0 aromatic heterocycles. The molecule has 0 unspecified atom stereocenters. The summed E-state index contributed by atoms with van der Waals surface area (Å²) in [4.78, 5) is 0. The zero-order valence-corrected chi connectivity index (χ0v) is 9.67. The molecule has 2 aromatic rings. The van der Waals surface area contributed by atoms with Crippen molar-refractivity contribution in [2.24, 2.45) is 0 Å². The van der Waals surface area contributed by atoms with Crippen LogP contribution in [-0.2, 0) is 6.42 Å². The van der Waals surface area contributed by atoms with Gasteiger partial charge < -0.3 is 5.11 Å². The van der Waals surface area contributed by atoms with Crippen molar-refractivity contribution in [1.29, 1.82) is 0 Å². The molecular weight excluding hydrogens is 220 g/mol. The molecule has 0 saturated heterocycles. The summed E-state index contributed by atoms with van der Waals surface area (Å²) < 4.78 is 0. The van der Waals surface area contributed by atoms with Crippen LogP contribution in [0, 0.1) is 0 Å². The minimum atomic E-state index is 0.393. The van der Waals surface area contributed by atoms with Crippen molar-refractivity contribution in [3.8, 4) is 5.75 Å². The summed E-state index contributed by atoms with van der Waals surface area (Å²) in [5, 5.41) is 12.1. The molecule has 2 heteroatoms. The maximum Gasteiger partial charge on any atom is 0.123 e. The Morgan fingerprint density at radius 1 is 1.25 bits per heavy atom. The van der Waals surface area contributed by atoms with Crippen molar-refractivity contribution in [3.05, 3.63) is 41.5 Å². The number of alkyl halides is 1. The Balaban J connectivity index is 2.37. The van der Waals surface area contributed by atoms with Crippen LogP contribution in [0.1, 0.15) is 23.5 Å². The van der Waals surface area contributed by atoms with Crippen LogP contribution < -0.4 is 0 Å². The Morgan fingerprint density at radius 2 is 2.00 bits per heavy atom. The van der Waals surface area contributed by atoms with Gasteiger partial charge in [0.05, 0.1) is 0 Å². The van der Waals surface area contributed by atoms with Crippen molar-refractivity contribution >= 4 is 22.4 Å². The number of aryl methyl sites for hydroxylation is 1. The molecule has 1 aliphatic rings. The second kappa shape index (κ2) is 3.67. The highest BCUT2D eigenvalue weighted by Crippen LogP contribution is 2.42. The lowest BCUT2D eigenvalue weighted by Gasteiger charge is -2.12. The number of hydrogen-bond donors (Lipinski definition) is 1. The number of phenolic OH excluding ortho intramolecular Hbond substituents is 1. The van der Waals surface area contributed by atoms with E-state index in [2.05, 4.69) is 6.07 Å². The number of fused-ring (bicyclic) bond motifs is 3. The standard InChI is InChI=1S/C14H13ClO/c15-8-10-6-5-9-7-13(16)11-3-1-2-4-12(11)14(9)10/h1-4,7,10,16H,5-6,8H2/t10-/m0/s1. The first-order chi connectivity index (χ1) is 7.81. The average molecular weight is 233 g/mol. The van der Waals surface area contributed by atoms with Gasteiger partial charge in [0.15, 0.2) is 0 Å². The summed E-state index contributed by atoms with van der Waals surface area (Å²) in [6.07, 6.45) is 2.14. The van der Waals surface area contributed by atoms with Crippen molar-refractivity contribution < 1.29 is 5.11 Å². The molecule has 16 heavy (non-hydrogen) atoms. The Labute approximate surface area is 99.7 Å². The first-order valence-corrected chi connectivity index (χ1v) is 6.14. The highest BCUT2D eigenvalue weighted by Gasteiger charge is 2.24. The molecule has 2 aromatic carbocycles. The molecule has 0 bridgehead atoms. The topological polar surface area (TPSA) is 20.2 Å². The molecule has 1 nitrogen and oxygen atoms in total. The van der Waals surface area contributed by atoms with E-state index in [0.717, 1.165) is 18.2 Å². The van der Waals surface area contributed by atoms with Crippen molar-refractivity contribution in [3.63, 3.8) is 0 Å². The van der Waals surface area contributed by atoms with Gasteiger partial charge in [0.2, 0.25) is 0 Å². The van der Waals surface area contributed by atoms with Gasteiger partial charge in [0.25, 0.3) is 0 Å². The van der Waals surface area contributed by atoms with Crippen LogP contribution in [0.5, 0.6) is 5.75 Å². The first-order valence-electron chi connectivity index (χ1n) is 5.60. The quantitative estimate of drug-likeness (QED) is 0.742. The molecule has 0 heterocycles. The molecule has 1 atom stereocenters. The van der Waals surface area contributed by atoms with Crippen LogP contribution in [0.15, 0.2) is 30.3 Å². The minimum absolute atomic E-state index is 0.393. The highest BCUT2D eigenvalue weighted by molar-refractivity contribution is 6.18. The smallest absolute Gasteiger partial charge is 0.123 e. The SMILES string of the molecule is Oc1cc2c(c3ccccc13)[C@H](CCl)CC2. The van der Waals surface area contributed by atoms with E-state index in [0.29, 0.717) is 17.5 Å². The molecule has 0 amide bonds. The van der Waals surface area contributed by atoms with Crippen LogP contribution in [0.25, 0.3) is 10.8 Å². The van der Waals surface area contributed by atoms with E-state index < -0.39 is 0 Å². The van der Waals surface area contributed by atoms with Crippen LogP contribution >= 0.6 is 11.6 Å². The fourth-order valence-corrected chi connectivity index (χ4v) is 3.06. The van der Waals surface area contributed by atoms with Crippen molar-refractivity contribution in [2.75, 3.05) is 5.88 Å². The van der Waals surface area contributed by atoms with Gasteiger partial charge in [-0.05, 0) is 41.3 Å². The van der Waals surface area contributed by atoms with E-state index in [1.54, 1.807) is 0 Å². The lowest BCUT2D eigenvalue weighted by molar-refractivity contribution is 0.481. The zero-order valence-electron chi connectivity index (χ0n) is 8.91. The molecule has 1 aliphatic carbocycles.